The second-order valence-corrected chi connectivity index (χ2v) is 7.77. The Hall–Kier alpha value is -2.15. The van der Waals surface area contributed by atoms with Crippen LogP contribution >= 0.6 is 11.6 Å². The molecule has 1 aliphatic carbocycles. The van der Waals surface area contributed by atoms with E-state index in [1.807, 2.05) is 0 Å². The number of likely N-dealkylation sites (tertiary alicyclic amines) is 1. The minimum atomic E-state index is -1.04. The molecule has 27 heavy (non-hydrogen) atoms. The van der Waals surface area contributed by atoms with Crippen LogP contribution in [0.5, 0.6) is 0 Å². The molecule has 1 aromatic carbocycles. The second-order valence-electron chi connectivity index (χ2n) is 7.33. The van der Waals surface area contributed by atoms with E-state index < -0.39 is 17.8 Å². The van der Waals surface area contributed by atoms with Gasteiger partial charge in [0.1, 0.15) is 11.9 Å². The maximum atomic E-state index is 13.5. The lowest BCUT2D eigenvalue weighted by atomic mass is 10.1. The first-order chi connectivity index (χ1) is 12.8. The van der Waals surface area contributed by atoms with Gasteiger partial charge in [-0.05, 0) is 42.5 Å². The van der Waals surface area contributed by atoms with Crippen LogP contribution in [0.3, 0.4) is 0 Å². The van der Waals surface area contributed by atoms with Gasteiger partial charge >= 0.3 is 5.97 Å². The van der Waals surface area contributed by atoms with E-state index >= 15 is 0 Å². The van der Waals surface area contributed by atoms with E-state index in [1.54, 1.807) is 11.0 Å². The number of nitrogens with zero attached hydrogens (tertiary/aromatic N) is 1. The van der Waals surface area contributed by atoms with Crippen LogP contribution < -0.4 is 5.32 Å². The number of carboxylic acid groups (broad SMARTS) is 1. The highest BCUT2D eigenvalue weighted by Gasteiger charge is 2.34. The topological polar surface area (TPSA) is 86.7 Å². The lowest BCUT2D eigenvalue weighted by molar-refractivity contribution is -0.142. The number of hydrogen-bond acceptors (Lipinski definition) is 3. The van der Waals surface area contributed by atoms with Gasteiger partial charge < -0.3 is 15.3 Å². The molecule has 0 radical (unpaired) electrons. The fourth-order valence-corrected chi connectivity index (χ4v) is 3.74. The van der Waals surface area contributed by atoms with E-state index in [2.05, 4.69) is 5.32 Å². The lowest BCUT2D eigenvalue weighted by Crippen LogP contribution is -2.44. The van der Waals surface area contributed by atoms with Gasteiger partial charge in [-0.1, -0.05) is 24.4 Å². The number of carbonyl (C=O) groups excluding carboxylic acids is 2. The summed E-state index contributed by atoms with van der Waals surface area (Å²) in [5.41, 5.74) is 0.554. The third-order valence-corrected chi connectivity index (χ3v) is 5.27. The number of carboxylic acids is 1. The van der Waals surface area contributed by atoms with Gasteiger partial charge in [-0.25, -0.2) is 9.18 Å². The zero-order valence-electron chi connectivity index (χ0n) is 14.8. The predicted octanol–water partition coefficient (Wildman–Crippen LogP) is 2.73. The molecule has 0 unspecified atom stereocenters. The molecule has 2 aliphatic rings. The summed E-state index contributed by atoms with van der Waals surface area (Å²) in [6, 6.07) is 2.86. The van der Waals surface area contributed by atoms with Crippen molar-refractivity contribution in [1.29, 1.82) is 0 Å². The molecule has 2 fully saturated rings. The van der Waals surface area contributed by atoms with Crippen LogP contribution in [0.4, 0.5) is 4.39 Å². The van der Waals surface area contributed by atoms with Gasteiger partial charge in [-0.3, -0.25) is 9.59 Å². The molecule has 0 spiro atoms. The molecule has 1 aromatic rings. The highest BCUT2D eigenvalue weighted by Crippen LogP contribution is 2.33. The van der Waals surface area contributed by atoms with E-state index in [0.29, 0.717) is 30.7 Å². The van der Waals surface area contributed by atoms with Crippen LogP contribution in [0, 0.1) is 11.7 Å². The average molecular weight is 397 g/mol. The number of rotatable bonds is 8. The molecular weight excluding hydrogens is 375 g/mol. The molecular formula is C19H22ClFN2O4. The van der Waals surface area contributed by atoms with Crippen molar-refractivity contribution in [3.8, 4) is 0 Å². The van der Waals surface area contributed by atoms with Crippen molar-refractivity contribution in [1.82, 2.24) is 10.2 Å². The molecule has 1 aliphatic heterocycles. The van der Waals surface area contributed by atoms with Gasteiger partial charge in [0.2, 0.25) is 11.8 Å². The van der Waals surface area contributed by atoms with Gasteiger partial charge in [-0.2, -0.15) is 0 Å². The molecule has 1 saturated heterocycles. The number of benzene rings is 1. The molecule has 2 amide bonds. The Morgan fingerprint density at radius 2 is 2.04 bits per heavy atom. The first kappa shape index (κ1) is 19.6. The van der Waals surface area contributed by atoms with E-state index in [-0.39, 0.29) is 35.8 Å². The summed E-state index contributed by atoms with van der Waals surface area (Å²) in [6.07, 6.45) is 3.29. The van der Waals surface area contributed by atoms with E-state index in [1.165, 1.54) is 12.1 Å². The second kappa shape index (κ2) is 8.25. The van der Waals surface area contributed by atoms with Crippen molar-refractivity contribution in [2.75, 3.05) is 0 Å². The van der Waals surface area contributed by atoms with Gasteiger partial charge in [0.05, 0.1) is 0 Å². The number of aliphatic carboxylic acids is 1. The normalized spacial score (nSPS) is 20.6. The quantitative estimate of drug-likeness (QED) is 0.707. The molecule has 146 valence electrons. The van der Waals surface area contributed by atoms with Crippen molar-refractivity contribution in [3.63, 3.8) is 0 Å². The van der Waals surface area contributed by atoms with Crippen LogP contribution in [-0.2, 0) is 20.9 Å². The van der Waals surface area contributed by atoms with E-state index in [9.17, 15) is 23.9 Å². The summed E-state index contributed by atoms with van der Waals surface area (Å²) in [6.45, 7) is 0.165. The van der Waals surface area contributed by atoms with Crippen molar-refractivity contribution in [2.45, 2.75) is 57.2 Å². The Morgan fingerprint density at radius 3 is 2.67 bits per heavy atom. The standard InChI is InChI=1S/C19H22ClFN2O4/c20-13-5-12(6-14(21)8-13)10-23-15(3-4-18(23)25)9-17(24)22-16(19(26)27)7-11-1-2-11/h5-6,8,11,15-16H,1-4,7,9-10H2,(H,22,24)(H,26,27)/t15-,16-/m0/s1. The Bertz CT molecular complexity index is 733. The van der Waals surface area contributed by atoms with Crippen LogP contribution in [-0.4, -0.2) is 39.9 Å². The summed E-state index contributed by atoms with van der Waals surface area (Å²) >= 11 is 5.86. The Morgan fingerprint density at radius 1 is 1.30 bits per heavy atom. The molecule has 2 atom stereocenters. The van der Waals surface area contributed by atoms with E-state index in [4.69, 9.17) is 11.6 Å². The number of nitrogens with one attached hydrogen (secondary N) is 1. The molecule has 0 aromatic heterocycles. The summed E-state index contributed by atoms with van der Waals surface area (Å²) in [4.78, 5) is 37.4. The van der Waals surface area contributed by atoms with Gasteiger partial charge in [-0.15, -0.1) is 0 Å². The smallest absolute Gasteiger partial charge is 0.326 e. The Balaban J connectivity index is 1.61. The predicted molar refractivity (Wildman–Crippen MR) is 96.5 cm³/mol. The highest BCUT2D eigenvalue weighted by molar-refractivity contribution is 6.30. The van der Waals surface area contributed by atoms with Gasteiger partial charge in [0.15, 0.2) is 0 Å². The van der Waals surface area contributed by atoms with Crippen molar-refractivity contribution in [2.24, 2.45) is 5.92 Å². The SMILES string of the molecule is O=C(C[C@@H]1CCC(=O)N1Cc1cc(F)cc(Cl)c1)N[C@@H](CC1CC1)C(=O)O. The molecule has 0 bridgehead atoms. The third kappa shape index (κ3) is 5.42. The zero-order chi connectivity index (χ0) is 19.6. The van der Waals surface area contributed by atoms with Gasteiger partial charge in [0, 0.05) is 30.5 Å². The average Bonchev–Trinajstić information content (AvgIpc) is 3.33. The van der Waals surface area contributed by atoms with Crippen LogP contribution in [0.25, 0.3) is 0 Å². The number of hydrogen-bond donors (Lipinski definition) is 2. The minimum absolute atomic E-state index is 0.0310. The molecule has 3 rings (SSSR count). The van der Waals surface area contributed by atoms with Crippen LogP contribution in [0.1, 0.15) is 44.1 Å². The first-order valence-electron chi connectivity index (χ1n) is 9.08. The summed E-state index contributed by atoms with van der Waals surface area (Å²) in [5, 5.41) is 12.1. The largest absolute Gasteiger partial charge is 0.480 e. The number of amides is 2. The molecule has 1 saturated carbocycles. The minimum Gasteiger partial charge on any atom is -0.480 e. The molecule has 8 heteroatoms. The monoisotopic (exact) mass is 396 g/mol. The summed E-state index contributed by atoms with van der Waals surface area (Å²) in [5.74, 6) is -1.65. The number of carbonyl (C=O) groups is 3. The fourth-order valence-electron chi connectivity index (χ4n) is 3.50. The first-order valence-corrected chi connectivity index (χ1v) is 9.46. The van der Waals surface area contributed by atoms with Crippen LogP contribution in [0.2, 0.25) is 5.02 Å². The summed E-state index contributed by atoms with van der Waals surface area (Å²) in [7, 11) is 0. The van der Waals surface area contributed by atoms with Crippen molar-refractivity contribution < 1.29 is 23.9 Å². The fraction of sp³-hybridized carbons (Fsp3) is 0.526. The van der Waals surface area contributed by atoms with Crippen molar-refractivity contribution >= 4 is 29.4 Å². The highest BCUT2D eigenvalue weighted by atomic mass is 35.5. The van der Waals surface area contributed by atoms with Crippen LogP contribution in [0.15, 0.2) is 18.2 Å². The lowest BCUT2D eigenvalue weighted by Gasteiger charge is -2.25. The zero-order valence-corrected chi connectivity index (χ0v) is 15.5. The number of halogens is 2. The maximum Gasteiger partial charge on any atom is 0.326 e. The Kier molecular flexibility index (Phi) is 5.99. The maximum absolute atomic E-state index is 13.5. The molecule has 6 nitrogen and oxygen atoms in total. The molecule has 1 heterocycles. The van der Waals surface area contributed by atoms with Crippen molar-refractivity contribution in [3.05, 3.63) is 34.6 Å². The van der Waals surface area contributed by atoms with Gasteiger partial charge in [0.25, 0.3) is 0 Å². The molecule has 2 N–H and O–H groups in total. The third-order valence-electron chi connectivity index (χ3n) is 5.05. The summed E-state index contributed by atoms with van der Waals surface area (Å²) < 4.78 is 13.5. The Labute approximate surface area is 161 Å². The van der Waals surface area contributed by atoms with E-state index in [0.717, 1.165) is 12.8 Å².